The average molecular weight is 255 g/mol. The van der Waals surface area contributed by atoms with Gasteiger partial charge in [-0.2, -0.15) is 0 Å². The van der Waals surface area contributed by atoms with Crippen LogP contribution in [0, 0.1) is 0 Å². The van der Waals surface area contributed by atoms with Crippen LogP contribution in [0.25, 0.3) is 0 Å². The van der Waals surface area contributed by atoms with Crippen molar-refractivity contribution in [2.45, 2.75) is 13.0 Å². The first-order valence-electron chi connectivity index (χ1n) is 5.32. The van der Waals surface area contributed by atoms with Crippen molar-refractivity contribution in [3.05, 3.63) is 22.4 Å². The number of nitrogens with zero attached hydrogens (tertiary/aromatic N) is 1. The summed E-state index contributed by atoms with van der Waals surface area (Å²) < 4.78 is 0. The zero-order valence-corrected chi connectivity index (χ0v) is 10.8. The second-order valence-corrected chi connectivity index (χ2v) is 4.66. The van der Waals surface area contributed by atoms with E-state index in [1.54, 1.807) is 23.3 Å². The molecule has 0 aliphatic rings. The predicted molar refractivity (Wildman–Crippen MR) is 67.6 cm³/mol. The molecule has 17 heavy (non-hydrogen) atoms. The van der Waals surface area contributed by atoms with Crippen molar-refractivity contribution in [1.82, 2.24) is 10.2 Å². The zero-order chi connectivity index (χ0) is 12.8. The van der Waals surface area contributed by atoms with Gasteiger partial charge in [0.05, 0.1) is 19.1 Å². The molecule has 1 aromatic rings. The molecule has 1 unspecified atom stereocenters. The smallest absolute Gasteiger partial charge is 0.242 e. The van der Waals surface area contributed by atoms with Gasteiger partial charge in [-0.15, -0.1) is 11.3 Å². The van der Waals surface area contributed by atoms with Gasteiger partial charge in [0.1, 0.15) is 0 Å². The van der Waals surface area contributed by atoms with Crippen molar-refractivity contribution >= 4 is 23.2 Å². The van der Waals surface area contributed by atoms with Crippen LogP contribution in [-0.4, -0.2) is 36.9 Å². The molecule has 0 spiro atoms. The number of thiophene rings is 1. The number of amides is 2. The Morgan fingerprint density at radius 1 is 1.59 bits per heavy atom. The topological polar surface area (TPSA) is 75.4 Å². The quantitative estimate of drug-likeness (QED) is 0.797. The molecule has 1 aromatic heterocycles. The lowest BCUT2D eigenvalue weighted by Crippen LogP contribution is -2.41. The molecule has 0 saturated carbocycles. The van der Waals surface area contributed by atoms with Crippen molar-refractivity contribution in [2.75, 3.05) is 20.1 Å². The van der Waals surface area contributed by atoms with Gasteiger partial charge in [0.2, 0.25) is 11.8 Å². The van der Waals surface area contributed by atoms with Crippen LogP contribution < -0.4 is 11.1 Å². The van der Waals surface area contributed by atoms with Crippen LogP contribution in [0.4, 0.5) is 0 Å². The molecule has 1 atom stereocenters. The molecule has 1 rings (SSSR count). The molecular formula is C11H17N3O2S. The van der Waals surface area contributed by atoms with Gasteiger partial charge in [-0.1, -0.05) is 6.07 Å². The SMILES string of the molecule is CC(c1cccs1)N(C)C(=O)CNC(=O)CN. The largest absolute Gasteiger partial charge is 0.346 e. The number of hydrogen-bond acceptors (Lipinski definition) is 4. The monoisotopic (exact) mass is 255 g/mol. The molecule has 0 bridgehead atoms. The molecule has 2 amide bonds. The number of hydrogen-bond donors (Lipinski definition) is 2. The zero-order valence-electron chi connectivity index (χ0n) is 9.97. The van der Waals surface area contributed by atoms with Crippen molar-refractivity contribution in [3.8, 4) is 0 Å². The highest BCUT2D eigenvalue weighted by Crippen LogP contribution is 2.23. The number of carbonyl (C=O) groups is 2. The van der Waals surface area contributed by atoms with Gasteiger partial charge in [-0.3, -0.25) is 9.59 Å². The van der Waals surface area contributed by atoms with Gasteiger partial charge < -0.3 is 16.0 Å². The number of nitrogens with two attached hydrogens (primary N) is 1. The lowest BCUT2D eigenvalue weighted by atomic mass is 10.2. The summed E-state index contributed by atoms with van der Waals surface area (Å²) in [5.41, 5.74) is 5.14. The van der Waals surface area contributed by atoms with E-state index in [1.165, 1.54) is 0 Å². The minimum atomic E-state index is -0.324. The first-order chi connectivity index (χ1) is 8.06. The van der Waals surface area contributed by atoms with Gasteiger partial charge >= 0.3 is 0 Å². The number of likely N-dealkylation sites (N-methyl/N-ethyl adjacent to an activating group) is 1. The standard InChI is InChI=1S/C11H17N3O2S/c1-8(9-4-3-5-17-9)14(2)11(16)7-13-10(15)6-12/h3-5,8H,6-7,12H2,1-2H3,(H,13,15). The Bertz CT molecular complexity index is 378. The molecule has 94 valence electrons. The Labute approximate surface area is 105 Å². The first kappa shape index (κ1) is 13.7. The molecule has 0 saturated heterocycles. The molecule has 0 aliphatic carbocycles. The van der Waals surface area contributed by atoms with Crippen molar-refractivity contribution in [1.29, 1.82) is 0 Å². The lowest BCUT2D eigenvalue weighted by Gasteiger charge is -2.24. The van der Waals surface area contributed by atoms with Crippen LogP contribution in [0.1, 0.15) is 17.8 Å². The molecule has 0 aromatic carbocycles. The Kier molecular flexibility index (Phi) is 5.11. The van der Waals surface area contributed by atoms with E-state index in [-0.39, 0.29) is 30.9 Å². The summed E-state index contributed by atoms with van der Waals surface area (Å²) in [6.45, 7) is 1.84. The highest BCUT2D eigenvalue weighted by atomic mass is 32.1. The molecule has 3 N–H and O–H groups in total. The van der Waals surface area contributed by atoms with E-state index in [9.17, 15) is 9.59 Å². The predicted octanol–water partition coefficient (Wildman–Crippen LogP) is 0.342. The summed E-state index contributed by atoms with van der Waals surface area (Å²) in [4.78, 5) is 25.4. The minimum Gasteiger partial charge on any atom is -0.346 e. The van der Waals surface area contributed by atoms with Gasteiger partial charge in [-0.25, -0.2) is 0 Å². The van der Waals surface area contributed by atoms with Gasteiger partial charge in [0.25, 0.3) is 0 Å². The van der Waals surface area contributed by atoms with Gasteiger partial charge in [-0.05, 0) is 18.4 Å². The molecule has 0 aliphatic heterocycles. The maximum atomic E-state index is 11.8. The minimum absolute atomic E-state index is 0.0114. The molecule has 6 heteroatoms. The van der Waals surface area contributed by atoms with E-state index in [2.05, 4.69) is 5.32 Å². The van der Waals surface area contributed by atoms with E-state index in [4.69, 9.17) is 5.73 Å². The summed E-state index contributed by atoms with van der Waals surface area (Å²) >= 11 is 1.60. The van der Waals surface area contributed by atoms with Crippen LogP contribution in [0.2, 0.25) is 0 Å². The fourth-order valence-electron chi connectivity index (χ4n) is 1.31. The van der Waals surface area contributed by atoms with Crippen LogP contribution in [0.15, 0.2) is 17.5 Å². The lowest BCUT2D eigenvalue weighted by molar-refractivity contribution is -0.133. The third-order valence-electron chi connectivity index (χ3n) is 2.55. The molecular weight excluding hydrogens is 238 g/mol. The number of nitrogens with one attached hydrogen (secondary N) is 1. The second kappa shape index (κ2) is 6.36. The van der Waals surface area contributed by atoms with Crippen molar-refractivity contribution in [3.63, 3.8) is 0 Å². The van der Waals surface area contributed by atoms with Gasteiger partial charge in [0.15, 0.2) is 0 Å². The van der Waals surface area contributed by atoms with E-state index in [0.717, 1.165) is 4.88 Å². The number of carbonyl (C=O) groups excluding carboxylic acids is 2. The normalized spacial score (nSPS) is 11.9. The highest BCUT2D eigenvalue weighted by Gasteiger charge is 2.18. The highest BCUT2D eigenvalue weighted by molar-refractivity contribution is 7.10. The Morgan fingerprint density at radius 2 is 2.29 bits per heavy atom. The van der Waals surface area contributed by atoms with Crippen LogP contribution in [0.3, 0.4) is 0 Å². The van der Waals surface area contributed by atoms with Crippen molar-refractivity contribution < 1.29 is 9.59 Å². The van der Waals surface area contributed by atoms with Crippen LogP contribution >= 0.6 is 11.3 Å². The van der Waals surface area contributed by atoms with E-state index in [0.29, 0.717) is 0 Å². The van der Waals surface area contributed by atoms with E-state index in [1.807, 2.05) is 24.4 Å². The maximum Gasteiger partial charge on any atom is 0.242 e. The Balaban J connectivity index is 2.49. The van der Waals surface area contributed by atoms with E-state index < -0.39 is 0 Å². The molecule has 5 nitrogen and oxygen atoms in total. The van der Waals surface area contributed by atoms with Gasteiger partial charge in [0, 0.05) is 11.9 Å². The van der Waals surface area contributed by atoms with Crippen LogP contribution in [-0.2, 0) is 9.59 Å². The molecule has 1 heterocycles. The fraction of sp³-hybridized carbons (Fsp3) is 0.455. The van der Waals surface area contributed by atoms with E-state index >= 15 is 0 Å². The number of rotatable bonds is 5. The summed E-state index contributed by atoms with van der Waals surface area (Å²) in [6.07, 6.45) is 0. The van der Waals surface area contributed by atoms with Crippen molar-refractivity contribution in [2.24, 2.45) is 5.73 Å². The third kappa shape index (κ3) is 3.83. The van der Waals surface area contributed by atoms with Crippen LogP contribution in [0.5, 0.6) is 0 Å². The second-order valence-electron chi connectivity index (χ2n) is 3.68. The molecule has 0 fully saturated rings. The first-order valence-corrected chi connectivity index (χ1v) is 6.20. The maximum absolute atomic E-state index is 11.8. The summed E-state index contributed by atoms with van der Waals surface area (Å²) in [5, 5.41) is 4.43. The average Bonchev–Trinajstić information content (AvgIpc) is 2.87. The molecule has 0 radical (unpaired) electrons. The summed E-state index contributed by atoms with van der Waals surface area (Å²) in [5.74, 6) is -0.455. The Morgan fingerprint density at radius 3 is 2.82 bits per heavy atom. The third-order valence-corrected chi connectivity index (χ3v) is 3.59. The summed E-state index contributed by atoms with van der Waals surface area (Å²) in [7, 11) is 1.72. The summed E-state index contributed by atoms with van der Waals surface area (Å²) in [6, 6.07) is 3.94. The fourth-order valence-corrected chi connectivity index (χ4v) is 2.13. The Hall–Kier alpha value is -1.40.